The number of carboxylic acids is 1. The van der Waals surface area contributed by atoms with Crippen molar-refractivity contribution in [1.29, 1.82) is 0 Å². The minimum atomic E-state index is -1.07. The molecule has 2 atom stereocenters. The molecule has 0 radical (unpaired) electrons. The molecule has 20 heavy (non-hydrogen) atoms. The Morgan fingerprint density at radius 3 is 2.65 bits per heavy atom. The number of nitrogens with one attached hydrogen (secondary N) is 1. The van der Waals surface area contributed by atoms with Crippen LogP contribution in [0.4, 0.5) is 4.79 Å². The van der Waals surface area contributed by atoms with Crippen LogP contribution in [0.5, 0.6) is 0 Å². The summed E-state index contributed by atoms with van der Waals surface area (Å²) in [5, 5.41) is 11.8. The van der Waals surface area contributed by atoms with Gasteiger partial charge in [0.25, 0.3) is 0 Å². The maximum Gasteiger partial charge on any atom is 0.330 e. The fraction of sp³-hybridized carbons (Fsp3) is 0.429. The van der Waals surface area contributed by atoms with Gasteiger partial charge in [-0.15, -0.1) is 0 Å². The highest BCUT2D eigenvalue weighted by Gasteiger charge is 2.29. The molecule has 1 aromatic rings. The van der Waals surface area contributed by atoms with Crippen LogP contribution < -0.4 is 11.1 Å². The first-order valence-corrected chi connectivity index (χ1v) is 6.65. The largest absolute Gasteiger partial charge is 0.479 e. The number of hydrogen-bond acceptors (Lipinski definition) is 3. The predicted octanol–water partition coefficient (Wildman–Crippen LogP) is 0.803. The number of rotatable bonds is 4. The van der Waals surface area contributed by atoms with E-state index in [1.165, 1.54) is 0 Å². The van der Waals surface area contributed by atoms with E-state index in [-0.39, 0.29) is 6.03 Å². The smallest absolute Gasteiger partial charge is 0.330 e. The Morgan fingerprint density at radius 2 is 2.10 bits per heavy atom. The number of nitrogens with zero attached hydrogens (tertiary/aromatic N) is 1. The van der Waals surface area contributed by atoms with Crippen molar-refractivity contribution in [2.75, 3.05) is 19.6 Å². The van der Waals surface area contributed by atoms with Gasteiger partial charge in [0.1, 0.15) is 0 Å². The van der Waals surface area contributed by atoms with E-state index in [1.807, 2.05) is 0 Å². The zero-order valence-corrected chi connectivity index (χ0v) is 11.2. The number of benzene rings is 1. The normalized spacial score (nSPS) is 19.6. The van der Waals surface area contributed by atoms with Crippen molar-refractivity contribution in [3.8, 4) is 0 Å². The van der Waals surface area contributed by atoms with Crippen LogP contribution in [0, 0.1) is 5.92 Å². The van der Waals surface area contributed by atoms with Gasteiger partial charge in [0.05, 0.1) is 0 Å². The number of carbonyl (C=O) groups is 2. The highest BCUT2D eigenvalue weighted by molar-refractivity contribution is 5.83. The summed E-state index contributed by atoms with van der Waals surface area (Å²) in [6.45, 7) is 1.75. The van der Waals surface area contributed by atoms with E-state index < -0.39 is 12.0 Å². The maximum absolute atomic E-state index is 12.1. The van der Waals surface area contributed by atoms with Gasteiger partial charge < -0.3 is 21.1 Å². The third-order valence-corrected chi connectivity index (χ3v) is 3.55. The quantitative estimate of drug-likeness (QED) is 0.758. The summed E-state index contributed by atoms with van der Waals surface area (Å²) in [5.41, 5.74) is 6.14. The first-order chi connectivity index (χ1) is 9.61. The fourth-order valence-corrected chi connectivity index (χ4v) is 2.36. The minimum absolute atomic E-state index is 0.306. The molecule has 6 nitrogen and oxygen atoms in total. The van der Waals surface area contributed by atoms with Gasteiger partial charge in [-0.05, 0) is 24.4 Å². The first kappa shape index (κ1) is 14.3. The van der Waals surface area contributed by atoms with Crippen molar-refractivity contribution < 1.29 is 14.7 Å². The number of amides is 2. The molecule has 2 rings (SSSR count). The molecule has 0 aromatic heterocycles. The predicted molar refractivity (Wildman–Crippen MR) is 74.1 cm³/mol. The summed E-state index contributed by atoms with van der Waals surface area (Å²) >= 11 is 0. The summed E-state index contributed by atoms with van der Waals surface area (Å²) in [7, 11) is 0. The standard InChI is InChI=1S/C14H19N3O3/c15-8-10-6-7-17(9-10)14(20)16-12(13(18)19)11-4-2-1-3-5-11/h1-5,10,12H,6-9,15H2,(H,16,20)(H,18,19). The number of urea groups is 1. The van der Waals surface area contributed by atoms with E-state index in [0.717, 1.165) is 6.42 Å². The van der Waals surface area contributed by atoms with Crippen LogP contribution in [0.1, 0.15) is 18.0 Å². The zero-order chi connectivity index (χ0) is 14.5. The fourth-order valence-electron chi connectivity index (χ4n) is 2.36. The lowest BCUT2D eigenvalue weighted by Crippen LogP contribution is -2.43. The van der Waals surface area contributed by atoms with Crippen LogP contribution in [0.25, 0.3) is 0 Å². The Kier molecular flexibility index (Phi) is 4.57. The summed E-state index contributed by atoms with van der Waals surface area (Å²) in [6, 6.07) is 7.29. The molecule has 2 unspecified atom stereocenters. The molecule has 0 spiro atoms. The van der Waals surface area contributed by atoms with Crippen LogP contribution in [0.15, 0.2) is 30.3 Å². The van der Waals surface area contributed by atoms with Crippen LogP contribution in [0.3, 0.4) is 0 Å². The monoisotopic (exact) mass is 277 g/mol. The molecule has 0 bridgehead atoms. The highest BCUT2D eigenvalue weighted by Crippen LogP contribution is 2.17. The molecule has 1 heterocycles. The maximum atomic E-state index is 12.1. The van der Waals surface area contributed by atoms with Gasteiger partial charge in [0.2, 0.25) is 0 Å². The number of likely N-dealkylation sites (tertiary alicyclic amines) is 1. The Bertz CT molecular complexity index is 478. The summed E-state index contributed by atoms with van der Waals surface area (Å²) in [5.74, 6) is -0.764. The van der Waals surface area contributed by atoms with E-state index in [1.54, 1.807) is 35.2 Å². The van der Waals surface area contributed by atoms with E-state index in [9.17, 15) is 14.7 Å². The van der Waals surface area contributed by atoms with Crippen LogP contribution >= 0.6 is 0 Å². The Morgan fingerprint density at radius 1 is 1.40 bits per heavy atom. The van der Waals surface area contributed by atoms with Crippen LogP contribution in [0.2, 0.25) is 0 Å². The summed E-state index contributed by atoms with van der Waals surface area (Å²) < 4.78 is 0. The number of carbonyl (C=O) groups excluding carboxylic acids is 1. The third-order valence-electron chi connectivity index (χ3n) is 3.55. The van der Waals surface area contributed by atoms with Gasteiger partial charge in [-0.1, -0.05) is 30.3 Å². The van der Waals surface area contributed by atoms with Crippen molar-refractivity contribution in [2.24, 2.45) is 11.7 Å². The second-order valence-corrected chi connectivity index (χ2v) is 4.97. The van der Waals surface area contributed by atoms with Gasteiger partial charge in [-0.3, -0.25) is 0 Å². The lowest BCUT2D eigenvalue weighted by atomic mass is 10.1. The zero-order valence-electron chi connectivity index (χ0n) is 11.2. The lowest BCUT2D eigenvalue weighted by Gasteiger charge is -2.21. The molecular formula is C14H19N3O3. The van der Waals surface area contributed by atoms with Gasteiger partial charge in [-0.2, -0.15) is 0 Å². The highest BCUT2D eigenvalue weighted by atomic mass is 16.4. The molecule has 1 aromatic carbocycles. The topological polar surface area (TPSA) is 95.7 Å². The second kappa shape index (κ2) is 6.38. The first-order valence-electron chi connectivity index (χ1n) is 6.65. The van der Waals surface area contributed by atoms with Gasteiger partial charge in [0.15, 0.2) is 6.04 Å². The minimum Gasteiger partial charge on any atom is -0.479 e. The number of aliphatic carboxylic acids is 1. The van der Waals surface area contributed by atoms with E-state index in [4.69, 9.17) is 5.73 Å². The van der Waals surface area contributed by atoms with Gasteiger partial charge >= 0.3 is 12.0 Å². The molecule has 1 saturated heterocycles. The third kappa shape index (κ3) is 3.27. The molecule has 108 valence electrons. The van der Waals surface area contributed by atoms with Crippen LogP contribution in [-0.4, -0.2) is 41.6 Å². The van der Waals surface area contributed by atoms with Crippen molar-refractivity contribution in [1.82, 2.24) is 10.2 Å². The lowest BCUT2D eigenvalue weighted by molar-refractivity contribution is -0.139. The SMILES string of the molecule is NCC1CCN(C(=O)NC(C(=O)O)c2ccccc2)C1. The Hall–Kier alpha value is -2.08. The van der Waals surface area contributed by atoms with E-state index >= 15 is 0 Å². The van der Waals surface area contributed by atoms with E-state index in [0.29, 0.717) is 31.1 Å². The molecule has 2 amide bonds. The summed E-state index contributed by atoms with van der Waals surface area (Å²) in [4.78, 5) is 25.0. The van der Waals surface area contributed by atoms with Crippen molar-refractivity contribution >= 4 is 12.0 Å². The van der Waals surface area contributed by atoms with Crippen molar-refractivity contribution in [3.63, 3.8) is 0 Å². The van der Waals surface area contributed by atoms with Gasteiger partial charge in [0, 0.05) is 13.1 Å². The molecule has 1 aliphatic rings. The van der Waals surface area contributed by atoms with Crippen LogP contribution in [-0.2, 0) is 4.79 Å². The number of carboxylic acid groups (broad SMARTS) is 1. The molecule has 0 aliphatic carbocycles. The molecule has 0 saturated carbocycles. The van der Waals surface area contributed by atoms with Crippen molar-refractivity contribution in [3.05, 3.63) is 35.9 Å². The molecule has 4 N–H and O–H groups in total. The van der Waals surface area contributed by atoms with Gasteiger partial charge in [-0.25, -0.2) is 9.59 Å². The Balaban J connectivity index is 2.02. The molecular weight excluding hydrogens is 258 g/mol. The summed E-state index contributed by atoms with van der Waals surface area (Å²) in [6.07, 6.45) is 0.868. The number of nitrogens with two attached hydrogens (primary N) is 1. The average Bonchev–Trinajstić information content (AvgIpc) is 2.94. The van der Waals surface area contributed by atoms with E-state index in [2.05, 4.69) is 5.32 Å². The average molecular weight is 277 g/mol. The molecule has 6 heteroatoms. The Labute approximate surface area is 117 Å². The molecule has 1 fully saturated rings. The second-order valence-electron chi connectivity index (χ2n) is 4.97. The number of hydrogen-bond donors (Lipinski definition) is 3. The molecule has 1 aliphatic heterocycles. The van der Waals surface area contributed by atoms with Crippen molar-refractivity contribution in [2.45, 2.75) is 12.5 Å².